The zero-order valence-corrected chi connectivity index (χ0v) is 17.1. The van der Waals surface area contributed by atoms with Gasteiger partial charge in [0.2, 0.25) is 5.91 Å². The van der Waals surface area contributed by atoms with Crippen LogP contribution in [0.4, 0.5) is 0 Å². The van der Waals surface area contributed by atoms with Crippen molar-refractivity contribution in [3.8, 4) is 0 Å². The van der Waals surface area contributed by atoms with Gasteiger partial charge in [0.15, 0.2) is 0 Å². The van der Waals surface area contributed by atoms with Crippen molar-refractivity contribution in [3.63, 3.8) is 0 Å². The Bertz CT molecular complexity index is 859. The summed E-state index contributed by atoms with van der Waals surface area (Å²) in [6, 6.07) is 16.7. The van der Waals surface area contributed by atoms with Gasteiger partial charge in [0.1, 0.15) is 12.2 Å². The lowest BCUT2D eigenvalue weighted by Gasteiger charge is -2.48. The minimum absolute atomic E-state index is 0.0451. The summed E-state index contributed by atoms with van der Waals surface area (Å²) in [5.41, 5.74) is 1.89. The highest BCUT2D eigenvalue weighted by molar-refractivity contribution is 9.10. The molecule has 6 nitrogen and oxygen atoms in total. The van der Waals surface area contributed by atoms with Crippen LogP contribution >= 0.6 is 15.9 Å². The second-order valence-corrected chi connectivity index (χ2v) is 7.77. The maximum Gasteiger partial charge on any atom is 0.325 e. The van der Waals surface area contributed by atoms with Crippen LogP contribution in [0.1, 0.15) is 36.7 Å². The van der Waals surface area contributed by atoms with Gasteiger partial charge in [0, 0.05) is 17.4 Å². The number of hydrogen-bond donors (Lipinski definition) is 1. The van der Waals surface area contributed by atoms with Gasteiger partial charge in [0.25, 0.3) is 0 Å². The van der Waals surface area contributed by atoms with Crippen molar-refractivity contribution in [2.75, 3.05) is 13.2 Å². The zero-order chi connectivity index (χ0) is 19.7. The van der Waals surface area contributed by atoms with Gasteiger partial charge in [-0.05, 0) is 30.2 Å². The molecule has 0 aliphatic carbocycles. The fourth-order valence-corrected chi connectivity index (χ4v) is 4.24. The summed E-state index contributed by atoms with van der Waals surface area (Å²) in [6.07, 6.45) is 0.00518. The normalized spacial score (nSPS) is 24.9. The SMILES string of the molecule is CCOC(=O)C1NC(c2ccc(Br)cc2)N2C(=O)CCN2C1c1ccccc1. The number of benzene rings is 2. The number of hydrazine groups is 1. The number of carbonyl (C=O) groups excluding carboxylic acids is 2. The topological polar surface area (TPSA) is 61.9 Å². The van der Waals surface area contributed by atoms with Crippen LogP contribution in [0, 0.1) is 0 Å². The molecule has 0 bridgehead atoms. The molecule has 7 heteroatoms. The number of esters is 1. The van der Waals surface area contributed by atoms with Crippen molar-refractivity contribution in [2.45, 2.75) is 31.6 Å². The summed E-state index contributed by atoms with van der Waals surface area (Å²) < 4.78 is 6.33. The highest BCUT2D eigenvalue weighted by atomic mass is 79.9. The summed E-state index contributed by atoms with van der Waals surface area (Å²) in [6.45, 7) is 2.68. The van der Waals surface area contributed by atoms with Gasteiger partial charge in [-0.2, -0.15) is 0 Å². The molecule has 2 fully saturated rings. The molecule has 2 aliphatic heterocycles. The molecule has 2 heterocycles. The molecule has 0 saturated carbocycles. The molecule has 4 rings (SSSR count). The molecule has 2 aliphatic rings. The van der Waals surface area contributed by atoms with Crippen molar-refractivity contribution in [2.24, 2.45) is 0 Å². The maximum absolute atomic E-state index is 12.9. The van der Waals surface area contributed by atoms with Crippen LogP contribution in [0.2, 0.25) is 0 Å². The standard InChI is InChI=1S/C21H22BrN3O3/c1-2-28-21(27)18-19(14-6-4-3-5-7-14)24-13-12-17(26)25(24)20(23-18)15-8-10-16(22)11-9-15/h3-11,18-20,23H,2,12-13H2,1H3. The van der Waals surface area contributed by atoms with Crippen molar-refractivity contribution in [1.82, 2.24) is 15.3 Å². The van der Waals surface area contributed by atoms with Crippen molar-refractivity contribution >= 4 is 27.8 Å². The van der Waals surface area contributed by atoms with Crippen LogP contribution in [-0.4, -0.2) is 41.1 Å². The van der Waals surface area contributed by atoms with E-state index in [1.165, 1.54) is 0 Å². The molecule has 0 spiro atoms. The zero-order valence-electron chi connectivity index (χ0n) is 15.5. The molecule has 2 aromatic rings. The lowest BCUT2D eigenvalue weighted by molar-refractivity contribution is -0.174. The predicted molar refractivity (Wildman–Crippen MR) is 108 cm³/mol. The van der Waals surface area contributed by atoms with Gasteiger partial charge in [-0.1, -0.05) is 58.4 Å². The molecule has 1 N–H and O–H groups in total. The van der Waals surface area contributed by atoms with Crippen LogP contribution in [0.15, 0.2) is 59.1 Å². The molecule has 2 saturated heterocycles. The number of hydrogen-bond acceptors (Lipinski definition) is 5. The van der Waals surface area contributed by atoms with Gasteiger partial charge in [0.05, 0.1) is 12.6 Å². The summed E-state index contributed by atoms with van der Waals surface area (Å²) in [4.78, 5) is 25.6. The first-order chi connectivity index (χ1) is 13.6. The van der Waals surface area contributed by atoms with Crippen molar-refractivity contribution in [3.05, 3.63) is 70.2 Å². The Morgan fingerprint density at radius 3 is 2.54 bits per heavy atom. The van der Waals surface area contributed by atoms with E-state index in [4.69, 9.17) is 4.74 Å². The first-order valence-electron chi connectivity index (χ1n) is 9.42. The number of rotatable bonds is 4. The first-order valence-corrected chi connectivity index (χ1v) is 10.2. The lowest BCUT2D eigenvalue weighted by atomic mass is 9.96. The predicted octanol–water partition coefficient (Wildman–Crippen LogP) is 3.17. The van der Waals surface area contributed by atoms with Crippen LogP contribution in [0.25, 0.3) is 0 Å². The first kappa shape index (κ1) is 19.1. The van der Waals surface area contributed by atoms with Gasteiger partial charge in [-0.25, -0.2) is 5.01 Å². The van der Waals surface area contributed by atoms with Gasteiger partial charge >= 0.3 is 5.97 Å². The van der Waals surface area contributed by atoms with Crippen LogP contribution in [0.5, 0.6) is 0 Å². The summed E-state index contributed by atoms with van der Waals surface area (Å²) in [5.74, 6) is -0.263. The summed E-state index contributed by atoms with van der Waals surface area (Å²) >= 11 is 3.45. The molecule has 3 unspecified atom stereocenters. The van der Waals surface area contributed by atoms with E-state index in [-0.39, 0.29) is 17.9 Å². The third-order valence-corrected chi connectivity index (χ3v) is 5.70. The lowest BCUT2D eigenvalue weighted by Crippen LogP contribution is -2.63. The Morgan fingerprint density at radius 2 is 1.86 bits per heavy atom. The summed E-state index contributed by atoms with van der Waals surface area (Å²) in [5, 5.41) is 7.17. The average molecular weight is 444 g/mol. The molecule has 0 radical (unpaired) electrons. The Balaban J connectivity index is 1.77. The Morgan fingerprint density at radius 1 is 1.14 bits per heavy atom. The second kappa shape index (κ2) is 8.03. The van der Waals surface area contributed by atoms with E-state index in [1.807, 2.05) is 59.6 Å². The van der Waals surface area contributed by atoms with E-state index in [1.54, 1.807) is 11.9 Å². The summed E-state index contributed by atoms with van der Waals surface area (Å²) in [7, 11) is 0. The number of nitrogens with one attached hydrogen (secondary N) is 1. The number of nitrogens with zero attached hydrogens (tertiary/aromatic N) is 2. The monoisotopic (exact) mass is 443 g/mol. The van der Waals surface area contributed by atoms with Crippen LogP contribution in [-0.2, 0) is 14.3 Å². The third-order valence-electron chi connectivity index (χ3n) is 5.17. The minimum atomic E-state index is -0.585. The number of amides is 1. The largest absolute Gasteiger partial charge is 0.465 e. The van der Waals surface area contributed by atoms with Crippen LogP contribution in [0.3, 0.4) is 0 Å². The maximum atomic E-state index is 12.9. The molecule has 0 aromatic heterocycles. The second-order valence-electron chi connectivity index (χ2n) is 6.86. The molecule has 2 aromatic carbocycles. The average Bonchev–Trinajstić information content (AvgIpc) is 3.10. The number of carbonyl (C=O) groups is 2. The van der Waals surface area contributed by atoms with Gasteiger partial charge < -0.3 is 4.74 Å². The molecule has 1 amide bonds. The Hall–Kier alpha value is -2.22. The number of fused-ring (bicyclic) bond motifs is 1. The highest BCUT2D eigenvalue weighted by Gasteiger charge is 2.50. The van der Waals surface area contributed by atoms with E-state index in [9.17, 15) is 9.59 Å². The van der Waals surface area contributed by atoms with E-state index in [0.717, 1.165) is 15.6 Å². The molecule has 3 atom stereocenters. The van der Waals surface area contributed by atoms with E-state index >= 15 is 0 Å². The Labute approximate surface area is 172 Å². The fourth-order valence-electron chi connectivity index (χ4n) is 3.97. The Kier molecular flexibility index (Phi) is 5.48. The molecular weight excluding hydrogens is 422 g/mol. The highest BCUT2D eigenvalue weighted by Crippen LogP contribution is 2.40. The van der Waals surface area contributed by atoms with E-state index < -0.39 is 12.2 Å². The van der Waals surface area contributed by atoms with Crippen molar-refractivity contribution in [1.29, 1.82) is 0 Å². The van der Waals surface area contributed by atoms with Crippen molar-refractivity contribution < 1.29 is 14.3 Å². The van der Waals surface area contributed by atoms with Gasteiger partial charge in [-0.15, -0.1) is 0 Å². The van der Waals surface area contributed by atoms with Crippen LogP contribution < -0.4 is 5.32 Å². The number of ether oxygens (including phenoxy) is 1. The van der Waals surface area contributed by atoms with E-state index in [2.05, 4.69) is 21.2 Å². The third kappa shape index (κ3) is 3.45. The molecular formula is C21H22BrN3O3. The van der Waals surface area contributed by atoms with Gasteiger partial charge in [-0.3, -0.25) is 19.9 Å². The quantitative estimate of drug-likeness (QED) is 0.735. The van der Waals surface area contributed by atoms with E-state index in [0.29, 0.717) is 19.6 Å². The minimum Gasteiger partial charge on any atom is -0.465 e. The number of halogens is 1. The smallest absolute Gasteiger partial charge is 0.325 e. The fraction of sp³-hybridized carbons (Fsp3) is 0.333. The molecule has 146 valence electrons. The molecule has 28 heavy (non-hydrogen) atoms.